The second-order valence-electron chi connectivity index (χ2n) is 6.75. The minimum Gasteiger partial charge on any atom is -0.506 e. The fourth-order valence-electron chi connectivity index (χ4n) is 2.18. The average Bonchev–Trinajstić information content (AvgIpc) is 2.83. The molecule has 3 N–H and O–H groups in total. The van der Waals surface area contributed by atoms with Gasteiger partial charge in [0.25, 0.3) is 5.56 Å². The van der Waals surface area contributed by atoms with Crippen LogP contribution in [0.5, 0.6) is 0 Å². The number of hydrogen-bond donors (Lipinski definition) is 3. The molecule has 1 aliphatic rings. The summed E-state index contributed by atoms with van der Waals surface area (Å²) >= 11 is 0. The molecule has 2 atom stereocenters. The third-order valence-electron chi connectivity index (χ3n) is 3.65. The lowest BCUT2D eigenvalue weighted by Gasteiger charge is -2.26. The van der Waals surface area contributed by atoms with Crippen LogP contribution in [0.4, 0.5) is 0 Å². The molecule has 1 aliphatic heterocycles. The van der Waals surface area contributed by atoms with Gasteiger partial charge in [-0.15, -0.1) is 0 Å². The minimum atomic E-state index is -2.33. The third-order valence-corrected chi connectivity index (χ3v) is 3.65. The Bertz CT molecular complexity index is 917. The van der Waals surface area contributed by atoms with Crippen LogP contribution in [0.1, 0.15) is 20.8 Å². The van der Waals surface area contributed by atoms with Crippen molar-refractivity contribution in [3.8, 4) is 6.07 Å². The maximum atomic E-state index is 12.0. The Morgan fingerprint density at radius 2 is 2.15 bits per heavy atom. The van der Waals surface area contributed by atoms with Gasteiger partial charge in [0, 0.05) is 12.3 Å². The average molecular weight is 381 g/mol. The lowest BCUT2D eigenvalue weighted by atomic mass is 9.98. The maximum Gasteiger partial charge on any atom is 0.332 e. The van der Waals surface area contributed by atoms with E-state index in [4.69, 9.17) is 14.2 Å². The van der Waals surface area contributed by atoms with Crippen LogP contribution in [0.15, 0.2) is 33.4 Å². The Hall–Kier alpha value is -3.10. The first kappa shape index (κ1) is 20.2. The number of nitrogens with one attached hydrogen (secondary N) is 1. The number of carbonyl (C=O) groups is 1. The van der Waals surface area contributed by atoms with Crippen molar-refractivity contribution in [1.82, 2.24) is 9.55 Å². The molecule has 0 amide bonds. The molecule has 2 rings (SSSR count). The fraction of sp³-hybridized carbons (Fsp3) is 0.500. The zero-order chi connectivity index (χ0) is 20.4. The highest BCUT2D eigenvalue weighted by molar-refractivity contribution is 5.75. The zero-order valence-corrected chi connectivity index (χ0v) is 14.9. The van der Waals surface area contributed by atoms with Crippen LogP contribution in [-0.2, 0) is 24.7 Å². The van der Waals surface area contributed by atoms with Crippen LogP contribution >= 0.6 is 0 Å². The lowest BCUT2D eigenvalue weighted by Crippen LogP contribution is -2.49. The standard InChI is InChI=1S/C16H19N3O8/c1-15(2,3)13(23)26-8-25-6-9-11(21)12(22)16(7-17,27-9)19-5-4-10(20)18-14(19)24/h4-5,12,21-22H,6,8H2,1-3H3,(H,18,20,24)/t12?,16-/m1/s1. The van der Waals surface area contributed by atoms with Crippen LogP contribution in [0.25, 0.3) is 0 Å². The summed E-state index contributed by atoms with van der Waals surface area (Å²) in [4.78, 5) is 36.7. The quantitative estimate of drug-likeness (QED) is 0.344. The fourth-order valence-corrected chi connectivity index (χ4v) is 2.18. The minimum absolute atomic E-state index is 0.325. The molecule has 0 saturated heterocycles. The van der Waals surface area contributed by atoms with E-state index in [2.05, 4.69) is 0 Å². The van der Waals surface area contributed by atoms with Crippen molar-refractivity contribution in [2.24, 2.45) is 5.41 Å². The number of nitriles is 1. The second kappa shape index (κ2) is 7.26. The molecule has 0 bridgehead atoms. The van der Waals surface area contributed by atoms with Gasteiger partial charge in [0.05, 0.1) is 5.41 Å². The van der Waals surface area contributed by atoms with Gasteiger partial charge in [-0.25, -0.2) is 9.36 Å². The molecule has 2 heterocycles. The van der Waals surface area contributed by atoms with Gasteiger partial charge in [-0.2, -0.15) is 5.26 Å². The van der Waals surface area contributed by atoms with Gasteiger partial charge in [-0.1, -0.05) is 0 Å². The molecule has 146 valence electrons. The van der Waals surface area contributed by atoms with Crippen molar-refractivity contribution in [3.63, 3.8) is 0 Å². The number of nitrogens with zero attached hydrogens (tertiary/aromatic N) is 2. The Balaban J connectivity index is 2.13. The number of H-pyrrole nitrogens is 1. The summed E-state index contributed by atoms with van der Waals surface area (Å²) in [5.41, 5.74) is -4.78. The molecule has 11 nitrogen and oxygen atoms in total. The van der Waals surface area contributed by atoms with E-state index in [0.29, 0.717) is 4.57 Å². The summed E-state index contributed by atoms with van der Waals surface area (Å²) in [7, 11) is 0. The molecule has 11 heteroatoms. The summed E-state index contributed by atoms with van der Waals surface area (Å²) in [6.45, 7) is 4.07. The van der Waals surface area contributed by atoms with E-state index in [-0.39, 0.29) is 5.76 Å². The van der Waals surface area contributed by atoms with Gasteiger partial charge in [0.1, 0.15) is 12.7 Å². The molecule has 0 fully saturated rings. The molecule has 1 aromatic rings. The van der Waals surface area contributed by atoms with E-state index in [0.717, 1.165) is 12.3 Å². The lowest BCUT2D eigenvalue weighted by molar-refractivity contribution is -0.166. The second-order valence-corrected chi connectivity index (χ2v) is 6.75. The summed E-state index contributed by atoms with van der Waals surface area (Å²) in [5.74, 6) is -1.56. The van der Waals surface area contributed by atoms with Gasteiger partial charge >= 0.3 is 17.4 Å². The van der Waals surface area contributed by atoms with E-state index < -0.39 is 53.6 Å². The number of hydrogen-bond acceptors (Lipinski definition) is 9. The van der Waals surface area contributed by atoms with Crippen LogP contribution < -0.4 is 11.2 Å². The number of aromatic amines is 1. The number of aliphatic hydroxyl groups excluding tert-OH is 2. The number of carbonyl (C=O) groups excluding carboxylic acids is 1. The van der Waals surface area contributed by atoms with Crippen LogP contribution in [-0.4, -0.2) is 45.2 Å². The van der Waals surface area contributed by atoms with Crippen molar-refractivity contribution in [2.75, 3.05) is 13.4 Å². The topological polar surface area (TPSA) is 164 Å². The molecule has 27 heavy (non-hydrogen) atoms. The summed E-state index contributed by atoms with van der Waals surface area (Å²) < 4.78 is 15.9. The first-order valence-electron chi connectivity index (χ1n) is 7.80. The summed E-state index contributed by atoms with van der Waals surface area (Å²) in [6.07, 6.45) is -0.961. The summed E-state index contributed by atoms with van der Waals surface area (Å²) in [5, 5.41) is 29.7. The van der Waals surface area contributed by atoms with Crippen molar-refractivity contribution < 1.29 is 29.2 Å². The molecule has 1 aromatic heterocycles. The van der Waals surface area contributed by atoms with Crippen LogP contribution in [0.3, 0.4) is 0 Å². The number of rotatable bonds is 5. The van der Waals surface area contributed by atoms with E-state index >= 15 is 0 Å². The molecule has 0 aliphatic carbocycles. The van der Waals surface area contributed by atoms with Crippen molar-refractivity contribution in [2.45, 2.75) is 32.6 Å². The number of ether oxygens (including phenoxy) is 3. The van der Waals surface area contributed by atoms with Gasteiger partial charge in [0.15, 0.2) is 24.4 Å². The van der Waals surface area contributed by atoms with Gasteiger partial charge < -0.3 is 24.4 Å². The third kappa shape index (κ3) is 3.86. The molecule has 0 radical (unpaired) electrons. The Labute approximate surface area is 153 Å². The van der Waals surface area contributed by atoms with Gasteiger partial charge in [0.2, 0.25) is 0 Å². The molecular weight excluding hydrogens is 362 g/mol. The number of aliphatic hydroxyl groups is 2. The van der Waals surface area contributed by atoms with Gasteiger partial charge in [-0.3, -0.25) is 14.6 Å². The summed E-state index contributed by atoms with van der Waals surface area (Å²) in [6, 6.07) is 2.57. The molecule has 0 saturated carbocycles. The SMILES string of the molecule is CC(C)(C)C(=O)OCOCC1=C(O)C(O)[C@](C#N)(n2ccc(=O)[nH]c2=O)O1. The van der Waals surface area contributed by atoms with Crippen molar-refractivity contribution in [3.05, 3.63) is 44.6 Å². The molecule has 0 spiro atoms. The highest BCUT2D eigenvalue weighted by Gasteiger charge is 2.53. The number of aromatic nitrogens is 2. The normalized spacial score (nSPS) is 22.3. The van der Waals surface area contributed by atoms with E-state index in [1.54, 1.807) is 26.8 Å². The first-order chi connectivity index (χ1) is 12.5. The Kier molecular flexibility index (Phi) is 5.43. The molecule has 0 aromatic carbocycles. The highest BCUT2D eigenvalue weighted by atomic mass is 16.7. The van der Waals surface area contributed by atoms with E-state index in [1.807, 2.05) is 4.98 Å². The highest BCUT2D eigenvalue weighted by Crippen LogP contribution is 2.36. The predicted molar refractivity (Wildman–Crippen MR) is 88.0 cm³/mol. The molecular formula is C16H19N3O8. The molecule has 1 unspecified atom stereocenters. The largest absolute Gasteiger partial charge is 0.506 e. The maximum absolute atomic E-state index is 12.0. The van der Waals surface area contributed by atoms with Gasteiger partial charge in [-0.05, 0) is 20.8 Å². The van der Waals surface area contributed by atoms with Crippen LogP contribution in [0.2, 0.25) is 0 Å². The van der Waals surface area contributed by atoms with Crippen molar-refractivity contribution in [1.29, 1.82) is 5.26 Å². The monoisotopic (exact) mass is 381 g/mol. The van der Waals surface area contributed by atoms with E-state index in [9.17, 15) is 29.9 Å². The number of esters is 1. The zero-order valence-electron chi connectivity index (χ0n) is 14.9. The van der Waals surface area contributed by atoms with Crippen molar-refractivity contribution >= 4 is 5.97 Å². The van der Waals surface area contributed by atoms with E-state index in [1.165, 1.54) is 0 Å². The predicted octanol–water partition coefficient (Wildman–Crippen LogP) is -0.563. The Morgan fingerprint density at radius 1 is 1.48 bits per heavy atom. The Morgan fingerprint density at radius 3 is 2.70 bits per heavy atom. The first-order valence-corrected chi connectivity index (χ1v) is 7.80. The smallest absolute Gasteiger partial charge is 0.332 e. The van der Waals surface area contributed by atoms with Crippen LogP contribution in [0, 0.1) is 16.7 Å².